The molecule has 21 heavy (non-hydrogen) atoms. The normalized spacial score (nSPS) is 22.4. The summed E-state index contributed by atoms with van der Waals surface area (Å²) >= 11 is 0. The fourth-order valence-corrected chi connectivity index (χ4v) is 3.70. The number of hydrogen-bond donors (Lipinski definition) is 0. The maximum atomic E-state index is 11.6. The van der Waals surface area contributed by atoms with Gasteiger partial charge >= 0.3 is 5.97 Å². The molecule has 114 valence electrons. The lowest BCUT2D eigenvalue weighted by atomic mass is 10.1. The summed E-state index contributed by atoms with van der Waals surface area (Å²) in [6, 6.07) is 0. The Bertz CT molecular complexity index is 507. The van der Waals surface area contributed by atoms with Gasteiger partial charge in [-0.05, 0) is 0 Å². The predicted octanol–water partition coefficient (Wildman–Crippen LogP) is 0.285. The molecule has 8 nitrogen and oxygen atoms in total. The molecule has 0 aromatic rings. The fourth-order valence-electron chi connectivity index (χ4n) is 1.75. The van der Waals surface area contributed by atoms with Crippen LogP contribution in [0.1, 0.15) is 26.2 Å². The summed E-state index contributed by atoms with van der Waals surface area (Å²) in [5.41, 5.74) is 0. The standard InChI is InChI=1S/C11H12N2O6S2/c1-6-4-9(16)13(11(6)18)21-20-5-10(17)19-12-7(14)2-3-8(12)15/h6H,2-5H2,1H3. The first-order chi connectivity index (χ1) is 9.90. The molecule has 2 saturated heterocycles. The molecule has 1 atom stereocenters. The van der Waals surface area contributed by atoms with Crippen molar-refractivity contribution in [1.29, 1.82) is 0 Å². The molecule has 2 rings (SSSR count). The monoisotopic (exact) mass is 332 g/mol. The van der Waals surface area contributed by atoms with Crippen LogP contribution in [0.4, 0.5) is 0 Å². The lowest BCUT2D eigenvalue weighted by Gasteiger charge is -2.13. The third-order valence-corrected chi connectivity index (χ3v) is 4.94. The lowest BCUT2D eigenvalue weighted by Crippen LogP contribution is -2.32. The first-order valence-corrected chi connectivity index (χ1v) is 8.40. The highest BCUT2D eigenvalue weighted by Gasteiger charge is 2.37. The van der Waals surface area contributed by atoms with Crippen LogP contribution in [-0.4, -0.2) is 44.7 Å². The van der Waals surface area contributed by atoms with Crippen LogP contribution in [0.5, 0.6) is 0 Å². The molecule has 0 saturated carbocycles. The predicted molar refractivity (Wildman–Crippen MR) is 72.9 cm³/mol. The highest BCUT2D eigenvalue weighted by atomic mass is 33.1. The van der Waals surface area contributed by atoms with E-state index in [2.05, 4.69) is 4.84 Å². The Morgan fingerprint density at radius 2 is 1.81 bits per heavy atom. The zero-order valence-corrected chi connectivity index (χ0v) is 12.7. The van der Waals surface area contributed by atoms with Gasteiger partial charge in [-0.2, -0.15) is 0 Å². The molecule has 2 aliphatic heterocycles. The Hall–Kier alpha value is -1.55. The Kier molecular flexibility index (Phi) is 4.88. The maximum Gasteiger partial charge on any atom is 0.343 e. The Morgan fingerprint density at radius 1 is 1.19 bits per heavy atom. The number of nitrogens with zero attached hydrogens (tertiary/aromatic N) is 2. The minimum Gasteiger partial charge on any atom is -0.329 e. The van der Waals surface area contributed by atoms with Gasteiger partial charge in [-0.25, -0.2) is 9.10 Å². The van der Waals surface area contributed by atoms with E-state index in [-0.39, 0.29) is 42.7 Å². The molecule has 0 N–H and O–H groups in total. The summed E-state index contributed by atoms with van der Waals surface area (Å²) in [4.78, 5) is 61.7. The molecule has 0 radical (unpaired) electrons. The van der Waals surface area contributed by atoms with Crippen LogP contribution in [0.3, 0.4) is 0 Å². The number of hydrogen-bond acceptors (Lipinski definition) is 8. The van der Waals surface area contributed by atoms with Crippen LogP contribution in [0.15, 0.2) is 0 Å². The molecule has 0 aromatic heterocycles. The summed E-state index contributed by atoms with van der Waals surface area (Å²) in [7, 11) is 1.78. The molecular weight excluding hydrogens is 320 g/mol. The van der Waals surface area contributed by atoms with Crippen molar-refractivity contribution in [3.8, 4) is 0 Å². The first-order valence-electron chi connectivity index (χ1n) is 6.13. The molecule has 0 spiro atoms. The van der Waals surface area contributed by atoms with Gasteiger partial charge in [-0.3, -0.25) is 19.2 Å². The summed E-state index contributed by atoms with van der Waals surface area (Å²) in [6.07, 6.45) is 0.221. The summed E-state index contributed by atoms with van der Waals surface area (Å²) in [6.45, 7) is 1.66. The van der Waals surface area contributed by atoms with Crippen LogP contribution >= 0.6 is 21.8 Å². The van der Waals surface area contributed by atoms with Crippen molar-refractivity contribution in [1.82, 2.24) is 9.37 Å². The van der Waals surface area contributed by atoms with Gasteiger partial charge in [-0.1, -0.05) is 17.7 Å². The molecule has 0 aromatic carbocycles. The van der Waals surface area contributed by atoms with Crippen molar-refractivity contribution < 1.29 is 28.8 Å². The van der Waals surface area contributed by atoms with E-state index in [0.29, 0.717) is 5.06 Å². The zero-order valence-electron chi connectivity index (χ0n) is 11.1. The minimum atomic E-state index is -0.789. The van der Waals surface area contributed by atoms with E-state index < -0.39 is 17.8 Å². The topological polar surface area (TPSA) is 101 Å². The van der Waals surface area contributed by atoms with Gasteiger partial charge in [0, 0.05) is 36.2 Å². The SMILES string of the molecule is CC1CC(=O)N(SSCC(=O)ON2C(=O)CCC2=O)C1=O. The van der Waals surface area contributed by atoms with Crippen molar-refractivity contribution in [3.63, 3.8) is 0 Å². The molecule has 0 aliphatic carbocycles. The molecule has 0 bridgehead atoms. The quantitative estimate of drug-likeness (QED) is 0.402. The summed E-state index contributed by atoms with van der Waals surface area (Å²) in [5.74, 6) is -3.04. The average molecular weight is 332 g/mol. The molecule has 2 fully saturated rings. The van der Waals surface area contributed by atoms with Gasteiger partial charge in [0.2, 0.25) is 11.8 Å². The van der Waals surface area contributed by atoms with Crippen molar-refractivity contribution in [2.75, 3.05) is 5.75 Å². The van der Waals surface area contributed by atoms with Crippen molar-refractivity contribution >= 4 is 51.4 Å². The average Bonchev–Trinajstić information content (AvgIpc) is 2.85. The minimum absolute atomic E-state index is 0.0304. The Labute approximate surface area is 128 Å². The fraction of sp³-hybridized carbons (Fsp3) is 0.545. The number of rotatable bonds is 5. The molecule has 1 unspecified atom stereocenters. The van der Waals surface area contributed by atoms with E-state index in [0.717, 1.165) is 26.1 Å². The lowest BCUT2D eigenvalue weighted by molar-refractivity contribution is -0.195. The second-order valence-electron chi connectivity index (χ2n) is 4.51. The van der Waals surface area contributed by atoms with E-state index in [1.165, 1.54) is 0 Å². The second kappa shape index (κ2) is 6.48. The van der Waals surface area contributed by atoms with Gasteiger partial charge in [0.1, 0.15) is 5.75 Å². The Morgan fingerprint density at radius 3 is 2.33 bits per heavy atom. The van der Waals surface area contributed by atoms with E-state index in [4.69, 9.17) is 0 Å². The van der Waals surface area contributed by atoms with Crippen molar-refractivity contribution in [3.05, 3.63) is 0 Å². The third kappa shape index (κ3) is 3.56. The zero-order chi connectivity index (χ0) is 15.6. The van der Waals surface area contributed by atoms with Crippen LogP contribution in [0, 0.1) is 5.92 Å². The molecule has 4 amide bonds. The highest BCUT2D eigenvalue weighted by molar-refractivity contribution is 8.76. The van der Waals surface area contributed by atoms with Gasteiger partial charge in [0.15, 0.2) is 0 Å². The summed E-state index contributed by atoms with van der Waals surface area (Å²) in [5, 5.41) is 0.460. The second-order valence-corrected chi connectivity index (χ2v) is 6.71. The molecule has 2 heterocycles. The Balaban J connectivity index is 1.75. The van der Waals surface area contributed by atoms with Gasteiger partial charge in [0.05, 0.1) is 0 Å². The smallest absolute Gasteiger partial charge is 0.329 e. The number of imide groups is 2. The van der Waals surface area contributed by atoms with E-state index in [9.17, 15) is 24.0 Å². The first kappa shape index (κ1) is 15.8. The van der Waals surface area contributed by atoms with Gasteiger partial charge in [0.25, 0.3) is 11.8 Å². The number of hydroxylamine groups is 2. The van der Waals surface area contributed by atoms with E-state index >= 15 is 0 Å². The van der Waals surface area contributed by atoms with Crippen LogP contribution in [0.25, 0.3) is 0 Å². The van der Waals surface area contributed by atoms with Crippen LogP contribution < -0.4 is 0 Å². The van der Waals surface area contributed by atoms with Gasteiger partial charge in [-0.15, -0.1) is 5.06 Å². The molecular formula is C11H12N2O6S2. The van der Waals surface area contributed by atoms with Crippen LogP contribution in [-0.2, 0) is 28.8 Å². The van der Waals surface area contributed by atoms with Crippen molar-refractivity contribution in [2.45, 2.75) is 26.2 Å². The van der Waals surface area contributed by atoms with Crippen molar-refractivity contribution in [2.24, 2.45) is 5.92 Å². The molecule has 10 heteroatoms. The van der Waals surface area contributed by atoms with E-state index in [1.807, 2.05) is 0 Å². The molecule has 2 aliphatic rings. The maximum absolute atomic E-state index is 11.6. The summed E-state index contributed by atoms with van der Waals surface area (Å²) < 4.78 is 1.01. The highest BCUT2D eigenvalue weighted by Crippen LogP contribution is 2.33. The largest absolute Gasteiger partial charge is 0.343 e. The van der Waals surface area contributed by atoms with E-state index in [1.54, 1.807) is 6.92 Å². The number of carbonyl (C=O) groups excluding carboxylic acids is 5. The van der Waals surface area contributed by atoms with Gasteiger partial charge < -0.3 is 4.84 Å². The van der Waals surface area contributed by atoms with Crippen LogP contribution in [0.2, 0.25) is 0 Å². The number of amides is 4. The third-order valence-electron chi connectivity index (χ3n) is 2.83. The number of carbonyl (C=O) groups is 5.